The standard InChI is InChI=1S/C47H41N/c1-47(2)43-19-11-10-18-41(43)42-31-39(27-28-44(42)47)48(38-25-22-34(23-26-38)32-12-4-3-5-13-32)45-29-24-35-15-8-9-17-40(35)46(45)37-21-20-33-14-6-7-16-36(33)30-37/h6-11,14-32H,3-5,12-13H2,1-2H3. The Morgan fingerprint density at radius 2 is 1.19 bits per heavy atom. The minimum atomic E-state index is -0.0316. The van der Waals surface area contributed by atoms with E-state index in [0.717, 1.165) is 0 Å². The molecule has 0 N–H and O–H groups in total. The Balaban J connectivity index is 1.28. The molecule has 48 heavy (non-hydrogen) atoms. The van der Waals surface area contributed by atoms with Gasteiger partial charge in [-0.2, -0.15) is 0 Å². The lowest BCUT2D eigenvalue weighted by molar-refractivity contribution is 0.443. The summed E-state index contributed by atoms with van der Waals surface area (Å²) in [4.78, 5) is 2.51. The average Bonchev–Trinajstić information content (AvgIpc) is 3.37. The van der Waals surface area contributed by atoms with Crippen LogP contribution in [0, 0.1) is 0 Å². The highest BCUT2D eigenvalue weighted by Gasteiger charge is 2.35. The molecule has 1 fully saturated rings. The summed E-state index contributed by atoms with van der Waals surface area (Å²) in [5.74, 6) is 0.675. The van der Waals surface area contributed by atoms with E-state index < -0.39 is 0 Å². The van der Waals surface area contributed by atoms with Crippen LogP contribution in [0.2, 0.25) is 0 Å². The van der Waals surface area contributed by atoms with E-state index in [1.165, 1.54) is 110 Å². The van der Waals surface area contributed by atoms with E-state index >= 15 is 0 Å². The normalized spacial score (nSPS) is 15.4. The van der Waals surface area contributed by atoms with Crippen molar-refractivity contribution in [1.82, 2.24) is 0 Å². The van der Waals surface area contributed by atoms with E-state index in [0.29, 0.717) is 5.92 Å². The van der Waals surface area contributed by atoms with Gasteiger partial charge in [-0.1, -0.05) is 142 Å². The van der Waals surface area contributed by atoms with Crippen molar-refractivity contribution in [2.45, 2.75) is 57.3 Å². The van der Waals surface area contributed by atoms with Crippen LogP contribution in [0.4, 0.5) is 17.1 Å². The highest BCUT2D eigenvalue weighted by Crippen LogP contribution is 2.52. The Labute approximate surface area is 284 Å². The van der Waals surface area contributed by atoms with Crippen molar-refractivity contribution < 1.29 is 0 Å². The molecule has 0 radical (unpaired) electrons. The molecule has 0 heterocycles. The van der Waals surface area contributed by atoms with Crippen LogP contribution in [0.15, 0.2) is 146 Å². The first kappa shape index (κ1) is 29.0. The largest absolute Gasteiger partial charge is 0.310 e. The van der Waals surface area contributed by atoms with Gasteiger partial charge in [0.25, 0.3) is 0 Å². The van der Waals surface area contributed by atoms with Crippen LogP contribution >= 0.6 is 0 Å². The fraction of sp³-hybridized carbons (Fsp3) is 0.191. The highest BCUT2D eigenvalue weighted by molar-refractivity contribution is 6.07. The van der Waals surface area contributed by atoms with Gasteiger partial charge in [-0.25, -0.2) is 0 Å². The third-order valence-electron chi connectivity index (χ3n) is 11.2. The number of benzene rings is 7. The average molecular weight is 620 g/mol. The van der Waals surface area contributed by atoms with Crippen LogP contribution < -0.4 is 4.90 Å². The predicted molar refractivity (Wildman–Crippen MR) is 205 cm³/mol. The summed E-state index contributed by atoms with van der Waals surface area (Å²) in [6.45, 7) is 4.72. The topological polar surface area (TPSA) is 3.24 Å². The maximum absolute atomic E-state index is 2.51. The van der Waals surface area contributed by atoms with Gasteiger partial charge in [-0.3, -0.25) is 0 Å². The third kappa shape index (κ3) is 4.75. The molecule has 0 amide bonds. The lowest BCUT2D eigenvalue weighted by Crippen LogP contribution is -2.15. The molecule has 9 rings (SSSR count). The molecule has 0 aliphatic heterocycles. The Morgan fingerprint density at radius 3 is 2.02 bits per heavy atom. The second kappa shape index (κ2) is 11.5. The number of hydrogen-bond acceptors (Lipinski definition) is 1. The van der Waals surface area contributed by atoms with E-state index in [1.54, 1.807) is 0 Å². The zero-order valence-corrected chi connectivity index (χ0v) is 27.9. The summed E-state index contributed by atoms with van der Waals surface area (Å²) in [5, 5.41) is 5.04. The number of fused-ring (bicyclic) bond motifs is 5. The van der Waals surface area contributed by atoms with E-state index in [1.807, 2.05) is 0 Å². The third-order valence-corrected chi connectivity index (χ3v) is 11.2. The van der Waals surface area contributed by atoms with Gasteiger partial charge in [0.05, 0.1) is 5.69 Å². The minimum Gasteiger partial charge on any atom is -0.310 e. The smallest absolute Gasteiger partial charge is 0.0546 e. The van der Waals surface area contributed by atoms with Crippen LogP contribution in [0.25, 0.3) is 43.8 Å². The molecular weight excluding hydrogens is 579 g/mol. The van der Waals surface area contributed by atoms with Gasteiger partial charge in [0, 0.05) is 22.4 Å². The SMILES string of the molecule is CC1(C)c2ccccc2-c2cc(N(c3ccc(C4CCCCC4)cc3)c3ccc4ccccc4c3-c3ccc4ccccc4c3)ccc21. The number of hydrogen-bond donors (Lipinski definition) is 0. The molecule has 0 bridgehead atoms. The Bertz CT molecular complexity index is 2300. The van der Waals surface area contributed by atoms with Gasteiger partial charge in [0.2, 0.25) is 0 Å². The van der Waals surface area contributed by atoms with Gasteiger partial charge in [-0.05, 0) is 110 Å². The van der Waals surface area contributed by atoms with Crippen LogP contribution in [0.1, 0.15) is 68.6 Å². The lowest BCUT2D eigenvalue weighted by atomic mass is 9.82. The molecule has 0 spiro atoms. The molecule has 234 valence electrons. The quantitative estimate of drug-likeness (QED) is 0.185. The van der Waals surface area contributed by atoms with E-state index in [4.69, 9.17) is 0 Å². The Morgan fingerprint density at radius 1 is 0.521 bits per heavy atom. The van der Waals surface area contributed by atoms with Crippen LogP contribution in [-0.4, -0.2) is 0 Å². The Kier molecular flexibility index (Phi) is 6.97. The summed E-state index contributed by atoms with van der Waals surface area (Å²) in [6.07, 6.45) is 6.68. The van der Waals surface area contributed by atoms with Gasteiger partial charge >= 0.3 is 0 Å². The molecular formula is C47H41N. The maximum atomic E-state index is 2.51. The summed E-state index contributed by atoms with van der Waals surface area (Å²) in [7, 11) is 0. The molecule has 0 atom stereocenters. The number of anilines is 3. The number of rotatable bonds is 5. The van der Waals surface area contributed by atoms with Crippen molar-refractivity contribution in [2.75, 3.05) is 4.90 Å². The van der Waals surface area contributed by atoms with Gasteiger partial charge in [0.15, 0.2) is 0 Å². The Hall–Kier alpha value is -5.14. The predicted octanol–water partition coefficient (Wildman–Crippen LogP) is 13.5. The van der Waals surface area contributed by atoms with Gasteiger partial charge in [0.1, 0.15) is 0 Å². The van der Waals surface area contributed by atoms with Crippen LogP contribution in [0.3, 0.4) is 0 Å². The summed E-state index contributed by atoms with van der Waals surface area (Å²) < 4.78 is 0. The monoisotopic (exact) mass is 619 g/mol. The van der Waals surface area contributed by atoms with Crippen molar-refractivity contribution in [3.05, 3.63) is 162 Å². The maximum Gasteiger partial charge on any atom is 0.0546 e. The molecule has 1 heteroatoms. The lowest BCUT2D eigenvalue weighted by Gasteiger charge is -2.30. The van der Waals surface area contributed by atoms with Gasteiger partial charge < -0.3 is 4.90 Å². The second-order valence-corrected chi connectivity index (χ2v) is 14.4. The molecule has 2 aliphatic rings. The summed E-state index contributed by atoms with van der Waals surface area (Å²) in [6, 6.07) is 54.8. The van der Waals surface area contributed by atoms with Crippen molar-refractivity contribution in [3.63, 3.8) is 0 Å². The highest BCUT2D eigenvalue weighted by atomic mass is 15.1. The van der Waals surface area contributed by atoms with Crippen molar-refractivity contribution in [1.29, 1.82) is 0 Å². The fourth-order valence-corrected chi connectivity index (χ4v) is 8.70. The van der Waals surface area contributed by atoms with Crippen molar-refractivity contribution in [3.8, 4) is 22.3 Å². The first-order chi connectivity index (χ1) is 23.6. The molecule has 1 saturated carbocycles. The summed E-state index contributed by atoms with van der Waals surface area (Å²) in [5.41, 5.74) is 13.0. The van der Waals surface area contributed by atoms with E-state index in [-0.39, 0.29) is 5.41 Å². The van der Waals surface area contributed by atoms with Crippen LogP contribution in [-0.2, 0) is 5.41 Å². The zero-order valence-electron chi connectivity index (χ0n) is 27.9. The number of nitrogens with zero attached hydrogens (tertiary/aromatic N) is 1. The van der Waals surface area contributed by atoms with Crippen molar-refractivity contribution >= 4 is 38.6 Å². The van der Waals surface area contributed by atoms with E-state index in [9.17, 15) is 0 Å². The van der Waals surface area contributed by atoms with Crippen LogP contribution in [0.5, 0.6) is 0 Å². The molecule has 7 aromatic carbocycles. The first-order valence-corrected chi connectivity index (χ1v) is 17.7. The molecule has 0 aromatic heterocycles. The molecule has 2 aliphatic carbocycles. The second-order valence-electron chi connectivity index (χ2n) is 14.4. The summed E-state index contributed by atoms with van der Waals surface area (Å²) >= 11 is 0. The first-order valence-electron chi connectivity index (χ1n) is 17.7. The van der Waals surface area contributed by atoms with E-state index in [2.05, 4.69) is 164 Å². The molecule has 1 nitrogen and oxygen atoms in total. The fourth-order valence-electron chi connectivity index (χ4n) is 8.70. The minimum absolute atomic E-state index is 0.0316. The molecule has 7 aromatic rings. The van der Waals surface area contributed by atoms with Gasteiger partial charge in [-0.15, -0.1) is 0 Å². The molecule has 0 saturated heterocycles. The molecule has 0 unspecified atom stereocenters. The zero-order chi connectivity index (χ0) is 32.2. The van der Waals surface area contributed by atoms with Crippen molar-refractivity contribution in [2.24, 2.45) is 0 Å².